The highest BCUT2D eigenvalue weighted by Gasteiger charge is 2.18. The van der Waals surface area contributed by atoms with E-state index in [9.17, 15) is 8.78 Å². The number of halogens is 2. The van der Waals surface area contributed by atoms with Gasteiger partial charge in [-0.25, -0.2) is 0 Å². The van der Waals surface area contributed by atoms with Crippen LogP contribution in [-0.2, 0) is 0 Å². The molecule has 0 unspecified atom stereocenters. The van der Waals surface area contributed by atoms with Crippen molar-refractivity contribution < 1.29 is 8.78 Å². The average Bonchev–Trinajstić information content (AvgIpc) is 2.40. The van der Waals surface area contributed by atoms with E-state index in [4.69, 9.17) is 12.2 Å². The number of nitrogens with zero attached hydrogens (tertiary/aromatic N) is 1. The highest BCUT2D eigenvalue weighted by atomic mass is 32.2. The first-order chi connectivity index (χ1) is 9.54. The summed E-state index contributed by atoms with van der Waals surface area (Å²) in [6, 6.07) is 6.93. The lowest BCUT2D eigenvalue weighted by Gasteiger charge is -2.33. The van der Waals surface area contributed by atoms with E-state index >= 15 is 0 Å². The Labute approximate surface area is 127 Å². The number of hydrogen-bond donors (Lipinski definition) is 1. The Balaban J connectivity index is 1.90. The molecule has 1 heterocycles. The third-order valence-electron chi connectivity index (χ3n) is 3.27. The van der Waals surface area contributed by atoms with Crippen molar-refractivity contribution in [2.45, 2.75) is 30.4 Å². The third-order valence-corrected chi connectivity index (χ3v) is 4.36. The van der Waals surface area contributed by atoms with Crippen LogP contribution in [0.4, 0.5) is 14.5 Å². The quantitative estimate of drug-likeness (QED) is 0.655. The van der Waals surface area contributed by atoms with Crippen molar-refractivity contribution in [1.82, 2.24) is 4.90 Å². The molecular formula is C14H18F2N2S2. The van der Waals surface area contributed by atoms with Crippen LogP contribution in [0.25, 0.3) is 0 Å². The summed E-state index contributed by atoms with van der Waals surface area (Å²) in [5.41, 5.74) is 0.840. The van der Waals surface area contributed by atoms with E-state index in [0.717, 1.165) is 25.2 Å². The first-order valence-corrected chi connectivity index (χ1v) is 7.94. The largest absolute Gasteiger partial charge is 0.349 e. The second-order valence-corrected chi connectivity index (χ2v) is 6.48. The summed E-state index contributed by atoms with van der Waals surface area (Å²) in [5.74, 6) is -1.72. The highest BCUT2D eigenvalue weighted by Crippen LogP contribution is 2.26. The molecule has 0 amide bonds. The van der Waals surface area contributed by atoms with E-state index in [2.05, 4.69) is 17.1 Å². The molecular weight excluding hydrogens is 298 g/mol. The Hall–Kier alpha value is -0.880. The van der Waals surface area contributed by atoms with Crippen molar-refractivity contribution in [3.8, 4) is 0 Å². The number of rotatable bonds is 3. The van der Waals surface area contributed by atoms with Gasteiger partial charge >= 0.3 is 0 Å². The minimum Gasteiger partial charge on any atom is -0.349 e. The maximum atomic E-state index is 12.2. The maximum absolute atomic E-state index is 12.2. The lowest BCUT2D eigenvalue weighted by Crippen LogP contribution is -2.41. The zero-order chi connectivity index (χ0) is 14.5. The normalized spacial score (nSPS) is 19.2. The summed E-state index contributed by atoms with van der Waals surface area (Å²) in [6.45, 7) is 4.19. The topological polar surface area (TPSA) is 15.3 Å². The molecule has 0 saturated carbocycles. The Morgan fingerprint density at radius 3 is 2.70 bits per heavy atom. The van der Waals surface area contributed by atoms with Gasteiger partial charge in [0.1, 0.15) is 0 Å². The van der Waals surface area contributed by atoms with Gasteiger partial charge in [-0.05, 0) is 55.2 Å². The molecule has 1 N–H and O–H groups in total. The molecule has 2 rings (SSSR count). The first-order valence-electron chi connectivity index (χ1n) is 6.65. The summed E-state index contributed by atoms with van der Waals surface area (Å²) in [7, 11) is 0. The van der Waals surface area contributed by atoms with Gasteiger partial charge in [-0.3, -0.25) is 0 Å². The average molecular weight is 316 g/mol. The minimum atomic E-state index is -2.38. The number of benzene rings is 1. The van der Waals surface area contributed by atoms with Crippen molar-refractivity contribution >= 4 is 34.8 Å². The van der Waals surface area contributed by atoms with E-state index in [1.807, 2.05) is 0 Å². The van der Waals surface area contributed by atoms with Crippen molar-refractivity contribution in [3.63, 3.8) is 0 Å². The molecule has 0 spiro atoms. The molecule has 2 nitrogen and oxygen atoms in total. The zero-order valence-corrected chi connectivity index (χ0v) is 12.9. The van der Waals surface area contributed by atoms with Crippen LogP contribution in [0.15, 0.2) is 29.2 Å². The van der Waals surface area contributed by atoms with Gasteiger partial charge in [0, 0.05) is 23.7 Å². The molecule has 1 aliphatic rings. The number of alkyl halides is 2. The highest BCUT2D eigenvalue weighted by molar-refractivity contribution is 7.99. The number of piperidine rings is 1. The van der Waals surface area contributed by atoms with Gasteiger partial charge in [0.2, 0.25) is 0 Å². The number of likely N-dealkylation sites (tertiary alicyclic amines) is 1. The molecule has 1 aromatic rings. The van der Waals surface area contributed by atoms with Crippen molar-refractivity contribution in [3.05, 3.63) is 24.3 Å². The standard InChI is InChI=1S/C14H18F2N2S2/c1-10-3-2-8-18(9-10)14(19)17-11-4-6-12(7-5-11)20-13(15)16/h4-7,10,13H,2-3,8-9H2,1H3,(H,17,19)/t10-/m0/s1. The molecule has 20 heavy (non-hydrogen) atoms. The maximum Gasteiger partial charge on any atom is 0.288 e. The number of thiocarbonyl (C=S) groups is 1. The SMILES string of the molecule is C[C@H]1CCCN(C(=S)Nc2ccc(SC(F)F)cc2)C1. The summed E-state index contributed by atoms with van der Waals surface area (Å²) in [4.78, 5) is 2.73. The van der Waals surface area contributed by atoms with Crippen LogP contribution >= 0.6 is 24.0 Å². The van der Waals surface area contributed by atoms with Gasteiger partial charge in [-0.15, -0.1) is 0 Å². The molecule has 0 bridgehead atoms. The summed E-state index contributed by atoms with van der Waals surface area (Å²) in [5, 5.41) is 3.89. The summed E-state index contributed by atoms with van der Waals surface area (Å²) in [6.07, 6.45) is 2.41. The van der Waals surface area contributed by atoms with Crippen LogP contribution < -0.4 is 5.32 Å². The number of nitrogens with one attached hydrogen (secondary N) is 1. The smallest absolute Gasteiger partial charge is 0.288 e. The van der Waals surface area contributed by atoms with Crippen LogP contribution in [0.2, 0.25) is 0 Å². The second-order valence-electron chi connectivity index (χ2n) is 5.03. The monoisotopic (exact) mass is 316 g/mol. The van der Waals surface area contributed by atoms with E-state index in [1.54, 1.807) is 24.3 Å². The van der Waals surface area contributed by atoms with Crippen LogP contribution in [-0.4, -0.2) is 28.9 Å². The van der Waals surface area contributed by atoms with E-state index in [1.165, 1.54) is 6.42 Å². The first kappa shape index (κ1) is 15.5. The Kier molecular flexibility index (Phi) is 5.60. The second kappa shape index (κ2) is 7.22. The molecule has 6 heteroatoms. The molecule has 0 aromatic heterocycles. The Bertz CT molecular complexity index is 451. The zero-order valence-electron chi connectivity index (χ0n) is 11.3. The van der Waals surface area contributed by atoms with E-state index in [0.29, 0.717) is 27.7 Å². The van der Waals surface area contributed by atoms with Crippen molar-refractivity contribution in [2.75, 3.05) is 18.4 Å². The van der Waals surface area contributed by atoms with Crippen LogP contribution in [0.5, 0.6) is 0 Å². The molecule has 110 valence electrons. The van der Waals surface area contributed by atoms with Gasteiger partial charge in [0.05, 0.1) is 0 Å². The fraction of sp³-hybridized carbons (Fsp3) is 0.500. The van der Waals surface area contributed by atoms with Crippen LogP contribution in [0.1, 0.15) is 19.8 Å². The Morgan fingerprint density at radius 2 is 2.10 bits per heavy atom. The molecule has 1 saturated heterocycles. The van der Waals surface area contributed by atoms with Gasteiger partial charge in [0.25, 0.3) is 5.76 Å². The predicted octanol–water partition coefficient (Wildman–Crippen LogP) is 4.43. The predicted molar refractivity (Wildman–Crippen MR) is 84.5 cm³/mol. The molecule has 1 aliphatic heterocycles. The lowest BCUT2D eigenvalue weighted by molar-refractivity contribution is 0.252. The van der Waals surface area contributed by atoms with Gasteiger partial charge in [0.15, 0.2) is 5.11 Å². The molecule has 1 fully saturated rings. The number of anilines is 1. The summed E-state index contributed by atoms with van der Waals surface area (Å²) < 4.78 is 24.5. The van der Waals surface area contributed by atoms with Gasteiger partial charge in [-0.1, -0.05) is 18.7 Å². The number of thioether (sulfide) groups is 1. The van der Waals surface area contributed by atoms with Gasteiger partial charge < -0.3 is 10.2 Å². The van der Waals surface area contributed by atoms with Crippen molar-refractivity contribution in [1.29, 1.82) is 0 Å². The molecule has 1 aromatic carbocycles. The minimum absolute atomic E-state index is 0.550. The fourth-order valence-corrected chi connectivity index (χ4v) is 3.08. The van der Waals surface area contributed by atoms with E-state index in [-0.39, 0.29) is 0 Å². The lowest BCUT2D eigenvalue weighted by atomic mass is 10.0. The molecule has 0 aliphatic carbocycles. The van der Waals surface area contributed by atoms with Crippen LogP contribution in [0.3, 0.4) is 0 Å². The summed E-state index contributed by atoms with van der Waals surface area (Å²) >= 11 is 5.95. The number of hydrogen-bond acceptors (Lipinski definition) is 2. The van der Waals surface area contributed by atoms with Gasteiger partial charge in [-0.2, -0.15) is 8.78 Å². The fourth-order valence-electron chi connectivity index (χ4n) is 2.30. The Morgan fingerprint density at radius 1 is 1.40 bits per heavy atom. The van der Waals surface area contributed by atoms with Crippen LogP contribution in [0, 0.1) is 5.92 Å². The molecule has 0 radical (unpaired) electrons. The third kappa shape index (κ3) is 4.59. The van der Waals surface area contributed by atoms with Crippen molar-refractivity contribution in [2.24, 2.45) is 5.92 Å². The molecule has 1 atom stereocenters. The van der Waals surface area contributed by atoms with E-state index < -0.39 is 5.76 Å².